The number of ether oxygens (including phenoxy) is 1. The molecule has 0 spiro atoms. The number of hydrogen-bond donors (Lipinski definition) is 1. The van der Waals surface area contributed by atoms with E-state index in [1.807, 2.05) is 0 Å². The van der Waals surface area contributed by atoms with Crippen molar-refractivity contribution in [3.05, 3.63) is 46.0 Å². The van der Waals surface area contributed by atoms with Crippen LogP contribution in [0.3, 0.4) is 0 Å². The smallest absolute Gasteiger partial charge is 0.273 e. The van der Waals surface area contributed by atoms with E-state index in [0.29, 0.717) is 6.61 Å². The van der Waals surface area contributed by atoms with Gasteiger partial charge in [0.2, 0.25) is 10.0 Å². The van der Waals surface area contributed by atoms with Crippen molar-refractivity contribution in [2.24, 2.45) is 0 Å². The van der Waals surface area contributed by atoms with Crippen LogP contribution < -0.4 is 4.72 Å². The summed E-state index contributed by atoms with van der Waals surface area (Å²) < 4.78 is 31.8. The van der Waals surface area contributed by atoms with Gasteiger partial charge in [-0.25, -0.2) is 13.1 Å². The SMILES string of the molecule is C=C(C)COCCNS(=O)(=O)c1cccc([N+](=O)[O-])c1C. The molecule has 8 heteroatoms. The lowest BCUT2D eigenvalue weighted by Gasteiger charge is -2.09. The van der Waals surface area contributed by atoms with E-state index in [1.54, 1.807) is 6.92 Å². The lowest BCUT2D eigenvalue weighted by atomic mass is 10.2. The molecule has 116 valence electrons. The number of sulfonamides is 1. The molecule has 0 heterocycles. The molecule has 0 unspecified atom stereocenters. The van der Waals surface area contributed by atoms with Crippen LogP contribution in [0.4, 0.5) is 5.69 Å². The molecule has 0 atom stereocenters. The zero-order valence-corrected chi connectivity index (χ0v) is 12.8. The summed E-state index contributed by atoms with van der Waals surface area (Å²) in [6.07, 6.45) is 0. The third-order valence-corrected chi connectivity index (χ3v) is 4.23. The Bertz CT molecular complexity index is 640. The summed E-state index contributed by atoms with van der Waals surface area (Å²) in [5.41, 5.74) is 0.724. The van der Waals surface area contributed by atoms with Crippen LogP contribution in [0.1, 0.15) is 12.5 Å². The van der Waals surface area contributed by atoms with E-state index in [2.05, 4.69) is 11.3 Å². The summed E-state index contributed by atoms with van der Waals surface area (Å²) in [5, 5.41) is 10.8. The number of nitro benzene ring substituents is 1. The topological polar surface area (TPSA) is 98.5 Å². The van der Waals surface area contributed by atoms with Gasteiger partial charge in [0, 0.05) is 18.2 Å². The van der Waals surface area contributed by atoms with Crippen molar-refractivity contribution in [2.45, 2.75) is 18.7 Å². The predicted molar refractivity (Wildman–Crippen MR) is 78.7 cm³/mol. The Labute approximate surface area is 123 Å². The Balaban J connectivity index is 2.77. The molecular weight excluding hydrogens is 296 g/mol. The molecule has 0 radical (unpaired) electrons. The van der Waals surface area contributed by atoms with E-state index in [-0.39, 0.29) is 29.3 Å². The molecule has 1 rings (SSSR count). The normalized spacial score (nSPS) is 11.3. The number of nitrogens with zero attached hydrogens (tertiary/aromatic N) is 1. The molecule has 0 saturated heterocycles. The van der Waals surface area contributed by atoms with Gasteiger partial charge in [-0.2, -0.15) is 0 Å². The summed E-state index contributed by atoms with van der Waals surface area (Å²) in [6, 6.07) is 3.95. The second kappa shape index (κ2) is 7.30. The van der Waals surface area contributed by atoms with Gasteiger partial charge < -0.3 is 4.74 Å². The first kappa shape index (κ1) is 17.3. The average Bonchev–Trinajstić information content (AvgIpc) is 2.37. The quantitative estimate of drug-likeness (QED) is 0.341. The molecule has 21 heavy (non-hydrogen) atoms. The monoisotopic (exact) mass is 314 g/mol. The fourth-order valence-corrected chi connectivity index (χ4v) is 2.94. The van der Waals surface area contributed by atoms with E-state index in [4.69, 9.17) is 4.74 Å². The molecule has 1 aromatic carbocycles. The minimum Gasteiger partial charge on any atom is -0.376 e. The highest BCUT2D eigenvalue weighted by molar-refractivity contribution is 7.89. The molecule has 0 aromatic heterocycles. The van der Waals surface area contributed by atoms with Gasteiger partial charge >= 0.3 is 0 Å². The largest absolute Gasteiger partial charge is 0.376 e. The number of nitrogens with one attached hydrogen (secondary N) is 1. The molecule has 0 bridgehead atoms. The molecule has 0 aliphatic carbocycles. The van der Waals surface area contributed by atoms with E-state index in [0.717, 1.165) is 5.57 Å². The van der Waals surface area contributed by atoms with Crippen molar-refractivity contribution in [3.63, 3.8) is 0 Å². The summed E-state index contributed by atoms with van der Waals surface area (Å²) in [4.78, 5) is 10.1. The summed E-state index contributed by atoms with van der Waals surface area (Å²) in [6.45, 7) is 7.50. The third kappa shape index (κ3) is 4.92. The minimum absolute atomic E-state index is 0.0811. The lowest BCUT2D eigenvalue weighted by molar-refractivity contribution is -0.385. The molecule has 0 aliphatic rings. The van der Waals surface area contributed by atoms with Crippen molar-refractivity contribution in [3.8, 4) is 0 Å². The molecule has 0 amide bonds. The van der Waals surface area contributed by atoms with Crippen LogP contribution in [-0.2, 0) is 14.8 Å². The fourth-order valence-electron chi connectivity index (χ4n) is 1.66. The number of benzene rings is 1. The predicted octanol–water partition coefficient (Wildman–Crippen LogP) is 1.77. The van der Waals surface area contributed by atoms with Gasteiger partial charge in [0.05, 0.1) is 23.0 Å². The van der Waals surface area contributed by atoms with Crippen molar-refractivity contribution in [1.82, 2.24) is 4.72 Å². The van der Waals surface area contributed by atoms with Crippen LogP contribution in [0.25, 0.3) is 0 Å². The van der Waals surface area contributed by atoms with Crippen molar-refractivity contribution in [1.29, 1.82) is 0 Å². The first-order chi connectivity index (χ1) is 9.75. The van der Waals surface area contributed by atoms with Crippen LogP contribution in [0.5, 0.6) is 0 Å². The van der Waals surface area contributed by atoms with E-state index in [9.17, 15) is 18.5 Å². The minimum atomic E-state index is -3.80. The molecular formula is C13H18N2O5S. The summed E-state index contributed by atoms with van der Waals surface area (Å²) >= 11 is 0. The maximum absolute atomic E-state index is 12.1. The zero-order valence-electron chi connectivity index (χ0n) is 12.0. The van der Waals surface area contributed by atoms with E-state index >= 15 is 0 Å². The lowest BCUT2D eigenvalue weighted by Crippen LogP contribution is -2.28. The van der Waals surface area contributed by atoms with Gasteiger partial charge in [-0.05, 0) is 19.9 Å². The molecule has 0 fully saturated rings. The van der Waals surface area contributed by atoms with Crippen LogP contribution in [-0.4, -0.2) is 33.1 Å². The number of hydrogen-bond acceptors (Lipinski definition) is 5. The van der Waals surface area contributed by atoms with Gasteiger partial charge in [-0.15, -0.1) is 0 Å². The Morgan fingerprint density at radius 1 is 1.48 bits per heavy atom. The third-order valence-electron chi connectivity index (χ3n) is 2.63. The highest BCUT2D eigenvalue weighted by Gasteiger charge is 2.22. The fraction of sp³-hybridized carbons (Fsp3) is 0.385. The van der Waals surface area contributed by atoms with Crippen LogP contribution in [0, 0.1) is 17.0 Å². The molecule has 0 aliphatic heterocycles. The van der Waals surface area contributed by atoms with Gasteiger partial charge in [-0.3, -0.25) is 10.1 Å². The second-order valence-corrected chi connectivity index (χ2v) is 6.30. The molecule has 1 aromatic rings. The van der Waals surface area contributed by atoms with Gasteiger partial charge in [0.1, 0.15) is 0 Å². The molecule has 0 saturated carbocycles. The first-order valence-corrected chi connectivity index (χ1v) is 7.70. The highest BCUT2D eigenvalue weighted by Crippen LogP contribution is 2.24. The second-order valence-electron chi connectivity index (χ2n) is 4.56. The highest BCUT2D eigenvalue weighted by atomic mass is 32.2. The number of rotatable bonds is 8. The van der Waals surface area contributed by atoms with Crippen LogP contribution in [0.15, 0.2) is 35.2 Å². The molecule has 7 nitrogen and oxygen atoms in total. The van der Waals surface area contributed by atoms with Gasteiger partial charge in [0.15, 0.2) is 0 Å². The van der Waals surface area contributed by atoms with Crippen molar-refractivity contribution < 1.29 is 18.1 Å². The van der Waals surface area contributed by atoms with Crippen LogP contribution >= 0.6 is 0 Å². The van der Waals surface area contributed by atoms with Crippen molar-refractivity contribution >= 4 is 15.7 Å². The molecule has 1 N–H and O–H groups in total. The Hall–Kier alpha value is -1.77. The zero-order chi connectivity index (χ0) is 16.0. The van der Waals surface area contributed by atoms with Crippen LogP contribution in [0.2, 0.25) is 0 Å². The first-order valence-electron chi connectivity index (χ1n) is 6.21. The van der Waals surface area contributed by atoms with E-state index in [1.165, 1.54) is 25.1 Å². The average molecular weight is 314 g/mol. The maximum Gasteiger partial charge on any atom is 0.273 e. The summed E-state index contributed by atoms with van der Waals surface area (Å²) in [7, 11) is -3.80. The standard InChI is InChI=1S/C13H18N2O5S/c1-10(2)9-20-8-7-14-21(18,19)13-6-4-5-12(11(13)3)15(16)17/h4-6,14H,1,7-9H2,2-3H3. The maximum atomic E-state index is 12.1. The summed E-state index contributed by atoms with van der Waals surface area (Å²) in [5.74, 6) is 0. The van der Waals surface area contributed by atoms with Crippen molar-refractivity contribution in [2.75, 3.05) is 19.8 Å². The van der Waals surface area contributed by atoms with Gasteiger partial charge in [0.25, 0.3) is 5.69 Å². The van der Waals surface area contributed by atoms with E-state index < -0.39 is 14.9 Å². The number of nitro groups is 1. The van der Waals surface area contributed by atoms with Gasteiger partial charge in [-0.1, -0.05) is 18.2 Å². The Morgan fingerprint density at radius 2 is 2.14 bits per heavy atom. The Morgan fingerprint density at radius 3 is 2.71 bits per heavy atom. The Kier molecular flexibility index (Phi) is 6.01.